The van der Waals surface area contributed by atoms with Gasteiger partial charge < -0.3 is 16.0 Å². The summed E-state index contributed by atoms with van der Waals surface area (Å²) < 4.78 is 0. The number of benzene rings is 2. The molecule has 3 amide bonds. The van der Waals surface area contributed by atoms with E-state index in [2.05, 4.69) is 5.32 Å². The molecule has 2 aromatic rings. The number of rotatable bonds is 4. The summed E-state index contributed by atoms with van der Waals surface area (Å²) in [5.74, 6) is -1.62. The Kier molecular flexibility index (Phi) is 4.95. The third-order valence-electron chi connectivity index (χ3n) is 4.41. The van der Waals surface area contributed by atoms with Crippen LogP contribution in [-0.4, -0.2) is 24.3 Å². The number of carbonyl (C=O) groups is 3. The number of primary amides is 1. The van der Waals surface area contributed by atoms with Gasteiger partial charge in [-0.15, -0.1) is 0 Å². The van der Waals surface area contributed by atoms with Crippen LogP contribution >= 0.6 is 11.6 Å². The third kappa shape index (κ3) is 3.55. The second-order valence-corrected chi connectivity index (χ2v) is 6.65. The number of hydrogen-bond acceptors (Lipinski definition) is 3. The molecule has 134 valence electrons. The van der Waals surface area contributed by atoms with Gasteiger partial charge in [0.1, 0.15) is 0 Å². The first-order chi connectivity index (χ1) is 12.4. The average Bonchev–Trinajstić information content (AvgIpc) is 2.99. The first-order valence-electron chi connectivity index (χ1n) is 8.13. The normalized spacial score (nSPS) is 16.6. The molecule has 2 aromatic carbocycles. The van der Waals surface area contributed by atoms with Crippen molar-refractivity contribution in [2.45, 2.75) is 13.3 Å². The smallest absolute Gasteiger partial charge is 0.250 e. The zero-order valence-corrected chi connectivity index (χ0v) is 14.9. The molecule has 0 bridgehead atoms. The monoisotopic (exact) mass is 371 g/mol. The van der Waals surface area contributed by atoms with Crippen LogP contribution in [0.4, 0.5) is 11.4 Å². The van der Waals surface area contributed by atoms with Crippen molar-refractivity contribution in [2.75, 3.05) is 16.8 Å². The highest BCUT2D eigenvalue weighted by atomic mass is 35.5. The molecule has 6 nitrogen and oxygen atoms in total. The van der Waals surface area contributed by atoms with Gasteiger partial charge >= 0.3 is 0 Å². The molecule has 0 unspecified atom stereocenters. The van der Waals surface area contributed by atoms with E-state index in [1.165, 1.54) is 0 Å². The molecular formula is C19H18ClN3O3. The van der Waals surface area contributed by atoms with E-state index >= 15 is 0 Å². The van der Waals surface area contributed by atoms with Gasteiger partial charge in [0.05, 0.1) is 17.2 Å². The van der Waals surface area contributed by atoms with Gasteiger partial charge in [0, 0.05) is 23.7 Å². The van der Waals surface area contributed by atoms with Crippen LogP contribution in [0.1, 0.15) is 22.3 Å². The Morgan fingerprint density at radius 3 is 2.65 bits per heavy atom. The molecule has 0 saturated carbocycles. The number of carbonyl (C=O) groups excluding carboxylic acids is 3. The maximum atomic E-state index is 12.6. The van der Waals surface area contributed by atoms with Crippen molar-refractivity contribution in [2.24, 2.45) is 11.7 Å². The van der Waals surface area contributed by atoms with Gasteiger partial charge in [-0.25, -0.2) is 0 Å². The van der Waals surface area contributed by atoms with Crippen LogP contribution in [0.25, 0.3) is 0 Å². The number of para-hydroxylation sites is 1. The zero-order valence-electron chi connectivity index (χ0n) is 14.2. The number of nitrogens with one attached hydrogen (secondary N) is 1. The van der Waals surface area contributed by atoms with Crippen molar-refractivity contribution in [1.29, 1.82) is 0 Å². The number of halogens is 1. The number of nitrogens with zero attached hydrogens (tertiary/aromatic N) is 1. The zero-order chi connectivity index (χ0) is 18.8. The van der Waals surface area contributed by atoms with Crippen molar-refractivity contribution >= 4 is 40.7 Å². The van der Waals surface area contributed by atoms with E-state index in [1.54, 1.807) is 35.2 Å². The lowest BCUT2D eigenvalue weighted by molar-refractivity contribution is -0.122. The first-order valence-corrected chi connectivity index (χ1v) is 8.51. The maximum Gasteiger partial charge on any atom is 0.250 e. The topological polar surface area (TPSA) is 92.5 Å². The molecule has 26 heavy (non-hydrogen) atoms. The minimum absolute atomic E-state index is 0.0933. The number of hydrogen-bond donors (Lipinski definition) is 2. The summed E-state index contributed by atoms with van der Waals surface area (Å²) in [7, 11) is 0. The molecule has 0 spiro atoms. The SMILES string of the molecule is Cc1ccc(N2C[C@H](C(=O)Nc3ccccc3C(N)=O)CC2=O)cc1Cl. The van der Waals surface area contributed by atoms with E-state index in [1.807, 2.05) is 19.1 Å². The van der Waals surface area contributed by atoms with Crippen LogP contribution in [0.2, 0.25) is 5.02 Å². The Morgan fingerprint density at radius 2 is 1.96 bits per heavy atom. The fraction of sp³-hybridized carbons (Fsp3) is 0.211. The Bertz CT molecular complexity index is 897. The number of amides is 3. The summed E-state index contributed by atoms with van der Waals surface area (Å²) in [4.78, 5) is 37.9. The molecule has 7 heteroatoms. The molecule has 0 aliphatic carbocycles. The van der Waals surface area contributed by atoms with Crippen LogP contribution < -0.4 is 16.0 Å². The largest absolute Gasteiger partial charge is 0.366 e. The van der Waals surface area contributed by atoms with Crippen LogP contribution in [0.15, 0.2) is 42.5 Å². The molecule has 1 fully saturated rings. The van der Waals surface area contributed by atoms with Crippen LogP contribution in [-0.2, 0) is 9.59 Å². The lowest BCUT2D eigenvalue weighted by Gasteiger charge is -2.18. The molecule has 0 aromatic heterocycles. The minimum atomic E-state index is -0.626. The summed E-state index contributed by atoms with van der Waals surface area (Å²) >= 11 is 6.13. The Labute approximate surface area is 155 Å². The predicted octanol–water partition coefficient (Wildman–Crippen LogP) is 2.74. The number of nitrogens with two attached hydrogens (primary N) is 1. The highest BCUT2D eigenvalue weighted by Crippen LogP contribution is 2.29. The van der Waals surface area contributed by atoms with E-state index in [-0.39, 0.29) is 30.3 Å². The van der Waals surface area contributed by atoms with E-state index in [4.69, 9.17) is 17.3 Å². The summed E-state index contributed by atoms with van der Waals surface area (Å²) in [5, 5.41) is 3.27. The number of anilines is 2. The average molecular weight is 372 g/mol. The first kappa shape index (κ1) is 17.9. The van der Waals surface area contributed by atoms with Crippen LogP contribution in [0.5, 0.6) is 0 Å². The maximum absolute atomic E-state index is 12.6. The summed E-state index contributed by atoms with van der Waals surface area (Å²) in [6.45, 7) is 2.13. The van der Waals surface area contributed by atoms with Gasteiger partial charge in [-0.1, -0.05) is 29.8 Å². The number of aryl methyl sites for hydroxylation is 1. The van der Waals surface area contributed by atoms with Gasteiger partial charge in [0.25, 0.3) is 5.91 Å². The molecule has 1 aliphatic rings. The van der Waals surface area contributed by atoms with Gasteiger partial charge in [-0.3, -0.25) is 14.4 Å². The molecule has 1 saturated heterocycles. The molecule has 1 aliphatic heterocycles. The second-order valence-electron chi connectivity index (χ2n) is 6.24. The standard InChI is InChI=1S/C19H18ClN3O3/c1-11-6-7-13(9-15(11)20)23-10-12(8-17(23)24)19(26)22-16-5-3-2-4-14(16)18(21)25/h2-7,9,12H,8,10H2,1H3,(H2,21,25)(H,22,26)/t12-/m1/s1. The predicted molar refractivity (Wildman–Crippen MR) is 100 cm³/mol. The lowest BCUT2D eigenvalue weighted by Crippen LogP contribution is -2.28. The van der Waals surface area contributed by atoms with E-state index in [9.17, 15) is 14.4 Å². The van der Waals surface area contributed by atoms with Crippen molar-refractivity contribution < 1.29 is 14.4 Å². The quantitative estimate of drug-likeness (QED) is 0.865. The summed E-state index contributed by atoms with van der Waals surface area (Å²) in [6.07, 6.45) is 0.0933. The fourth-order valence-corrected chi connectivity index (χ4v) is 3.10. The van der Waals surface area contributed by atoms with Crippen molar-refractivity contribution in [3.8, 4) is 0 Å². The second kappa shape index (κ2) is 7.17. The van der Waals surface area contributed by atoms with Gasteiger partial charge in [0.15, 0.2) is 0 Å². The Morgan fingerprint density at radius 1 is 1.23 bits per heavy atom. The lowest BCUT2D eigenvalue weighted by atomic mass is 10.1. The van der Waals surface area contributed by atoms with Crippen LogP contribution in [0.3, 0.4) is 0 Å². The third-order valence-corrected chi connectivity index (χ3v) is 4.82. The molecular weight excluding hydrogens is 354 g/mol. The molecule has 1 atom stereocenters. The molecule has 3 N–H and O–H groups in total. The van der Waals surface area contributed by atoms with Crippen molar-refractivity contribution in [1.82, 2.24) is 0 Å². The molecule has 1 heterocycles. The van der Waals surface area contributed by atoms with Gasteiger partial charge in [0.2, 0.25) is 11.8 Å². The van der Waals surface area contributed by atoms with E-state index < -0.39 is 11.8 Å². The molecule has 0 radical (unpaired) electrons. The van der Waals surface area contributed by atoms with Crippen molar-refractivity contribution in [3.05, 3.63) is 58.6 Å². The van der Waals surface area contributed by atoms with E-state index in [0.29, 0.717) is 16.4 Å². The Balaban J connectivity index is 1.75. The molecule has 3 rings (SSSR count). The summed E-state index contributed by atoms with van der Waals surface area (Å²) in [5.41, 5.74) is 7.48. The minimum Gasteiger partial charge on any atom is -0.366 e. The highest BCUT2D eigenvalue weighted by molar-refractivity contribution is 6.31. The fourth-order valence-electron chi connectivity index (χ4n) is 2.92. The summed E-state index contributed by atoms with van der Waals surface area (Å²) in [6, 6.07) is 11.9. The highest BCUT2D eigenvalue weighted by Gasteiger charge is 2.35. The van der Waals surface area contributed by atoms with Crippen molar-refractivity contribution in [3.63, 3.8) is 0 Å². The van der Waals surface area contributed by atoms with Crippen LogP contribution in [0, 0.1) is 12.8 Å². The van der Waals surface area contributed by atoms with E-state index in [0.717, 1.165) is 5.56 Å². The Hall–Kier alpha value is -2.86. The van der Waals surface area contributed by atoms with Gasteiger partial charge in [-0.2, -0.15) is 0 Å². The van der Waals surface area contributed by atoms with Gasteiger partial charge in [-0.05, 0) is 36.8 Å².